The Kier molecular flexibility index (Phi) is 12.4. The number of alkyl carbamates (subject to hydrolysis) is 2. The quantitative estimate of drug-likeness (QED) is 0.101. The number of hydrogen-bond donors (Lipinski definition) is 4. The van der Waals surface area contributed by atoms with Crippen molar-refractivity contribution >= 4 is 34.8 Å². The fraction of sp³-hybridized carbons (Fsp3) is 0.509. The van der Waals surface area contributed by atoms with E-state index in [0.29, 0.717) is 64.6 Å². The SMILES string of the molecule is COC(=O)NC(C(=O)N1CC2(CC2)CC1c1ncc(-c2ccc3cc(-c4ccc(-c5cnc(C6CC7CCC(C7)N6C(=O)C(NC(=O)OC)C6CCOCC6)[nH]5)cc4)ccc3c2)[nH]1)C1CCOCC1. The van der Waals surface area contributed by atoms with E-state index in [1.807, 2.05) is 22.2 Å². The molecule has 16 nitrogen and oxygen atoms in total. The predicted molar refractivity (Wildman–Crippen MR) is 256 cm³/mol. The lowest BCUT2D eigenvalue weighted by atomic mass is 9.87. The molecule has 2 saturated carbocycles. The van der Waals surface area contributed by atoms with Gasteiger partial charge in [0.05, 0.1) is 50.1 Å². The number of H-pyrrole nitrogens is 2. The smallest absolute Gasteiger partial charge is 0.407 e. The third-order valence-electron chi connectivity index (χ3n) is 16.2. The minimum atomic E-state index is -0.686. The molecule has 6 atom stereocenters. The van der Waals surface area contributed by atoms with Crippen LogP contribution in [-0.4, -0.2) is 119 Å². The number of aromatic amines is 2. The van der Waals surface area contributed by atoms with E-state index in [4.69, 9.17) is 28.9 Å². The Morgan fingerprint density at radius 2 is 1.19 bits per heavy atom. The van der Waals surface area contributed by atoms with Crippen molar-refractivity contribution in [1.29, 1.82) is 0 Å². The average Bonchev–Trinajstić information content (AvgIpc) is 3.86. The molecular weight excluding hydrogens is 877 g/mol. The minimum absolute atomic E-state index is 0.0292. The summed E-state index contributed by atoms with van der Waals surface area (Å²) >= 11 is 0. The number of carbonyl (C=O) groups is 4. The highest BCUT2D eigenvalue weighted by Crippen LogP contribution is 2.58. The van der Waals surface area contributed by atoms with E-state index >= 15 is 0 Å². The lowest BCUT2D eigenvalue weighted by Gasteiger charge is -2.43. The van der Waals surface area contributed by atoms with Gasteiger partial charge in [-0.3, -0.25) is 9.59 Å². The van der Waals surface area contributed by atoms with Crippen LogP contribution in [-0.2, 0) is 28.5 Å². The second-order valence-electron chi connectivity index (χ2n) is 20.4. The van der Waals surface area contributed by atoms with Gasteiger partial charge in [0.15, 0.2) is 0 Å². The van der Waals surface area contributed by atoms with Gasteiger partial charge in [0.25, 0.3) is 0 Å². The first kappa shape index (κ1) is 45.2. The van der Waals surface area contributed by atoms with Crippen molar-refractivity contribution in [2.24, 2.45) is 23.2 Å². The van der Waals surface area contributed by atoms with Gasteiger partial charge in [-0.1, -0.05) is 48.5 Å². The molecule has 2 bridgehead atoms. The van der Waals surface area contributed by atoms with Crippen LogP contribution in [0.2, 0.25) is 0 Å². The van der Waals surface area contributed by atoms with Gasteiger partial charge in [0.2, 0.25) is 11.8 Å². The van der Waals surface area contributed by atoms with E-state index in [1.54, 1.807) is 0 Å². The molecule has 2 aliphatic carbocycles. The molecule has 6 heterocycles. The Morgan fingerprint density at radius 1 is 0.652 bits per heavy atom. The summed E-state index contributed by atoms with van der Waals surface area (Å²) in [6.45, 7) is 2.91. The molecule has 362 valence electrons. The number of amides is 4. The zero-order valence-corrected chi connectivity index (χ0v) is 39.4. The van der Waals surface area contributed by atoms with Crippen LogP contribution in [0.25, 0.3) is 44.4 Å². The number of methoxy groups -OCH3 is 2. The predicted octanol–water partition coefficient (Wildman–Crippen LogP) is 8.09. The van der Waals surface area contributed by atoms with Gasteiger partial charge in [0.1, 0.15) is 23.7 Å². The number of nitrogens with one attached hydrogen (secondary N) is 4. The van der Waals surface area contributed by atoms with Crippen molar-refractivity contribution in [2.75, 3.05) is 47.2 Å². The zero-order valence-electron chi connectivity index (χ0n) is 39.4. The molecule has 4 aliphatic heterocycles. The summed E-state index contributed by atoms with van der Waals surface area (Å²) in [6, 6.07) is 19.7. The summed E-state index contributed by atoms with van der Waals surface area (Å²) in [6.07, 6.45) is 12.2. The number of carbonyl (C=O) groups excluding carboxylic acids is 4. The summed E-state index contributed by atoms with van der Waals surface area (Å²) in [5.74, 6) is 1.86. The number of benzene rings is 3. The van der Waals surface area contributed by atoms with E-state index in [2.05, 4.69) is 81.3 Å². The zero-order chi connectivity index (χ0) is 47.2. The third kappa shape index (κ3) is 9.08. The van der Waals surface area contributed by atoms with Gasteiger partial charge in [-0.15, -0.1) is 0 Å². The molecule has 0 radical (unpaired) electrons. The van der Waals surface area contributed by atoms with Crippen LogP contribution in [0, 0.1) is 23.2 Å². The second kappa shape index (κ2) is 18.9. The standard InChI is InChI=1S/C53H62N8O8/c1-66-51(64)58-45(34-13-19-68-20-14-34)49(62)60-30-53(17-18-53)27-44(60)48-55-29-42(57-48)39-11-10-37-25-36(8-9-38(37)26-39)32-4-6-33(7-5-32)41-28-54-47(56-41)43-24-31-3-12-40(23-31)61(43)50(63)46(59-52(65)67-2)35-15-21-69-22-16-35/h4-11,25-26,28-29,31,34-35,40,43-46H,3,12-24,27,30H2,1-2H3,(H,54,56)(H,55,57)(H,58,64)(H,59,65). The van der Waals surface area contributed by atoms with Crippen molar-refractivity contribution in [2.45, 2.75) is 101 Å². The molecule has 1 spiro atoms. The topological polar surface area (TPSA) is 193 Å². The van der Waals surface area contributed by atoms with Gasteiger partial charge in [-0.25, -0.2) is 19.6 Å². The minimum Gasteiger partial charge on any atom is -0.453 e. The van der Waals surface area contributed by atoms with E-state index in [0.717, 1.165) is 101 Å². The van der Waals surface area contributed by atoms with Crippen molar-refractivity contribution in [3.63, 3.8) is 0 Å². The Bertz CT molecular complexity index is 2700. The van der Waals surface area contributed by atoms with Gasteiger partial charge >= 0.3 is 12.2 Å². The Balaban J connectivity index is 0.783. The highest BCUT2D eigenvalue weighted by atomic mass is 16.5. The highest BCUT2D eigenvalue weighted by Gasteiger charge is 2.55. The third-order valence-corrected chi connectivity index (χ3v) is 16.2. The van der Waals surface area contributed by atoms with Crippen LogP contribution in [0.3, 0.4) is 0 Å². The molecule has 2 aromatic heterocycles. The molecule has 6 unspecified atom stereocenters. The van der Waals surface area contributed by atoms with Crippen LogP contribution in [0.5, 0.6) is 0 Å². The van der Waals surface area contributed by atoms with E-state index in [1.165, 1.54) is 14.2 Å². The molecule has 5 aromatic rings. The largest absolute Gasteiger partial charge is 0.453 e. The number of fused-ring (bicyclic) bond motifs is 3. The molecule has 4 N–H and O–H groups in total. The number of likely N-dealkylation sites (tertiary alicyclic amines) is 2. The maximum absolute atomic E-state index is 14.6. The van der Waals surface area contributed by atoms with E-state index in [9.17, 15) is 19.2 Å². The van der Waals surface area contributed by atoms with Crippen molar-refractivity contribution in [3.8, 4) is 33.6 Å². The first-order valence-corrected chi connectivity index (χ1v) is 24.9. The Labute approximate surface area is 401 Å². The number of hydrogen-bond acceptors (Lipinski definition) is 10. The maximum Gasteiger partial charge on any atom is 0.407 e. The summed E-state index contributed by atoms with van der Waals surface area (Å²) in [7, 11) is 2.66. The molecule has 4 amide bonds. The number of rotatable bonds is 11. The van der Waals surface area contributed by atoms with E-state index in [-0.39, 0.29) is 47.2 Å². The molecular formula is C53H62N8O8. The monoisotopic (exact) mass is 938 g/mol. The number of piperidine rings is 1. The van der Waals surface area contributed by atoms with Crippen LogP contribution >= 0.6 is 0 Å². The van der Waals surface area contributed by atoms with Gasteiger partial charge in [-0.05, 0) is 133 Å². The van der Waals surface area contributed by atoms with Crippen molar-refractivity contribution in [1.82, 2.24) is 40.4 Å². The van der Waals surface area contributed by atoms with Gasteiger partial charge in [0, 0.05) is 44.6 Å². The summed E-state index contributed by atoms with van der Waals surface area (Å²) in [5, 5.41) is 7.98. The maximum atomic E-state index is 14.6. The van der Waals surface area contributed by atoms with Crippen LogP contribution in [0.15, 0.2) is 73.1 Å². The van der Waals surface area contributed by atoms with Crippen LogP contribution < -0.4 is 10.6 Å². The number of ether oxygens (including phenoxy) is 4. The Morgan fingerprint density at radius 3 is 1.80 bits per heavy atom. The number of imidazole rings is 2. The molecule has 16 heteroatoms. The first-order chi connectivity index (χ1) is 33.7. The fourth-order valence-electron chi connectivity index (χ4n) is 12.2. The second-order valence-corrected chi connectivity index (χ2v) is 20.4. The van der Waals surface area contributed by atoms with E-state index < -0.39 is 24.3 Å². The Hall–Kier alpha value is -6.26. The summed E-state index contributed by atoms with van der Waals surface area (Å²) in [4.78, 5) is 74.8. The molecule has 4 saturated heterocycles. The molecule has 69 heavy (non-hydrogen) atoms. The average molecular weight is 939 g/mol. The molecule has 11 rings (SSSR count). The fourth-order valence-corrected chi connectivity index (χ4v) is 12.2. The van der Waals surface area contributed by atoms with Crippen LogP contribution in [0.4, 0.5) is 9.59 Å². The van der Waals surface area contributed by atoms with Crippen molar-refractivity contribution < 1.29 is 38.1 Å². The summed E-state index contributed by atoms with van der Waals surface area (Å²) < 4.78 is 21.1. The van der Waals surface area contributed by atoms with Crippen LogP contribution in [0.1, 0.15) is 94.4 Å². The molecule has 3 aromatic carbocycles. The summed E-state index contributed by atoms with van der Waals surface area (Å²) in [5.41, 5.74) is 6.07. The highest BCUT2D eigenvalue weighted by molar-refractivity contribution is 5.91. The lowest BCUT2D eigenvalue weighted by Crippen LogP contribution is -2.57. The van der Waals surface area contributed by atoms with Gasteiger partial charge in [-0.2, -0.15) is 0 Å². The molecule has 6 fully saturated rings. The first-order valence-electron chi connectivity index (χ1n) is 24.9. The normalized spacial score (nSPS) is 24.3. The lowest BCUT2D eigenvalue weighted by molar-refractivity contribution is -0.143. The van der Waals surface area contributed by atoms with Gasteiger partial charge < -0.3 is 49.3 Å². The number of nitrogens with zero attached hydrogens (tertiary/aromatic N) is 4. The van der Waals surface area contributed by atoms with Crippen molar-refractivity contribution in [3.05, 3.63) is 84.7 Å². The number of aromatic nitrogens is 4. The molecule has 6 aliphatic rings.